The predicted molar refractivity (Wildman–Crippen MR) is 196 cm³/mol. The summed E-state index contributed by atoms with van der Waals surface area (Å²) in [6, 6.07) is 10.2. The first-order valence-electron chi connectivity index (χ1n) is 16.8. The minimum atomic E-state index is -1.87. The molecule has 0 spiro atoms. The van der Waals surface area contributed by atoms with Gasteiger partial charge in [-0.1, -0.05) is 62.2 Å². The Labute approximate surface area is 324 Å². The van der Waals surface area contributed by atoms with Gasteiger partial charge in [0.2, 0.25) is 5.91 Å². The zero-order chi connectivity index (χ0) is 40.8. The summed E-state index contributed by atoms with van der Waals surface area (Å²) in [6.45, 7) is 4.80. The molecule has 4 rings (SSSR count). The van der Waals surface area contributed by atoms with E-state index in [2.05, 4.69) is 22.0 Å². The van der Waals surface area contributed by atoms with Gasteiger partial charge in [-0.25, -0.2) is 18.4 Å². The van der Waals surface area contributed by atoms with E-state index in [4.69, 9.17) is 37.8 Å². The molecular formula is C38H38Cl2F2N4O9. The molecule has 1 heterocycles. The first kappa shape index (κ1) is 42.4. The van der Waals surface area contributed by atoms with Crippen LogP contribution in [0.25, 0.3) is 0 Å². The monoisotopic (exact) mass is 802 g/mol. The summed E-state index contributed by atoms with van der Waals surface area (Å²) < 4.78 is 42.3. The van der Waals surface area contributed by atoms with Crippen molar-refractivity contribution in [2.45, 2.75) is 69.5 Å². The maximum atomic E-state index is 16.0. The number of amides is 2. The number of anilines is 1. The van der Waals surface area contributed by atoms with Crippen LogP contribution in [0.3, 0.4) is 0 Å². The van der Waals surface area contributed by atoms with Crippen molar-refractivity contribution in [3.8, 4) is 11.8 Å². The third-order valence-corrected chi connectivity index (χ3v) is 9.57. The van der Waals surface area contributed by atoms with Gasteiger partial charge >= 0.3 is 17.9 Å². The summed E-state index contributed by atoms with van der Waals surface area (Å²) in [4.78, 5) is 61.6. The lowest BCUT2D eigenvalue weighted by Crippen LogP contribution is -2.45. The summed E-state index contributed by atoms with van der Waals surface area (Å²) in [5.74, 6) is -8.64. The molecule has 1 saturated heterocycles. The number of hydrogen-bond donors (Lipinski definition) is 5. The standard InChI is InChI=1S/C38H38Cl2F2N4O9/c1-37(2,3)16-28-38(18-43,22-10-9-20(39)15-24(22)41)31(21-6-5-7-23(40)32(21)42)33(46-28)34(50)45-25-11-8-19(14-27(25)54-4)36(53)55-17-29(47)44-26(35(51)52)12-13-30(48)49/h5-11,14-15,26,28,31,33,46H,12-13,16-17H2,1-4H3,(H,44,47)(H,45,50)(H,48,49)(H,51,52)/t26-,28-,31-,33+,38-/m0/s1. The molecule has 0 bridgehead atoms. The number of nitriles is 1. The van der Waals surface area contributed by atoms with E-state index in [0.29, 0.717) is 0 Å². The van der Waals surface area contributed by atoms with Crippen LogP contribution in [0.2, 0.25) is 10.0 Å². The van der Waals surface area contributed by atoms with Gasteiger partial charge in [0.05, 0.1) is 35.5 Å². The Morgan fingerprint density at radius 3 is 2.36 bits per heavy atom. The number of esters is 1. The van der Waals surface area contributed by atoms with E-state index in [-0.39, 0.29) is 44.6 Å². The second-order valence-electron chi connectivity index (χ2n) is 14.1. The number of carboxylic acids is 2. The van der Waals surface area contributed by atoms with Crippen LogP contribution in [0.1, 0.15) is 67.4 Å². The third kappa shape index (κ3) is 9.69. The average molecular weight is 804 g/mol. The number of methoxy groups -OCH3 is 1. The number of carbonyl (C=O) groups is 5. The van der Waals surface area contributed by atoms with Crippen molar-refractivity contribution in [2.75, 3.05) is 19.0 Å². The average Bonchev–Trinajstić information content (AvgIpc) is 3.42. The largest absolute Gasteiger partial charge is 0.495 e. The molecule has 0 aromatic heterocycles. The summed E-state index contributed by atoms with van der Waals surface area (Å²) in [5.41, 5.74) is -2.66. The molecule has 0 unspecified atom stereocenters. The molecule has 1 aliphatic heterocycles. The number of nitrogens with zero attached hydrogens (tertiary/aromatic N) is 1. The van der Waals surface area contributed by atoms with Crippen molar-refractivity contribution >= 4 is 58.6 Å². The number of rotatable bonds is 14. The molecular weight excluding hydrogens is 765 g/mol. The second-order valence-corrected chi connectivity index (χ2v) is 14.9. The molecule has 0 saturated carbocycles. The van der Waals surface area contributed by atoms with E-state index in [0.717, 1.165) is 6.07 Å². The topological polar surface area (TPSA) is 204 Å². The highest BCUT2D eigenvalue weighted by atomic mass is 35.5. The zero-order valence-corrected chi connectivity index (χ0v) is 31.6. The van der Waals surface area contributed by atoms with Gasteiger partial charge in [0.15, 0.2) is 6.61 Å². The van der Waals surface area contributed by atoms with Gasteiger partial charge in [0.25, 0.3) is 5.91 Å². The molecule has 5 N–H and O–H groups in total. The van der Waals surface area contributed by atoms with Crippen LogP contribution in [-0.4, -0.2) is 71.8 Å². The molecule has 1 aliphatic rings. The Balaban J connectivity index is 1.67. The molecule has 55 heavy (non-hydrogen) atoms. The number of nitrogens with one attached hydrogen (secondary N) is 3. The number of halogens is 4. The number of ether oxygens (including phenoxy) is 2. The molecule has 292 valence electrons. The fourth-order valence-electron chi connectivity index (χ4n) is 6.66. The van der Waals surface area contributed by atoms with Crippen molar-refractivity contribution in [1.82, 2.24) is 10.6 Å². The van der Waals surface area contributed by atoms with Crippen LogP contribution in [-0.2, 0) is 29.3 Å². The van der Waals surface area contributed by atoms with Gasteiger partial charge < -0.3 is 35.6 Å². The summed E-state index contributed by atoms with van der Waals surface area (Å²) >= 11 is 12.3. The summed E-state index contributed by atoms with van der Waals surface area (Å²) in [7, 11) is 1.25. The highest BCUT2D eigenvalue weighted by Gasteiger charge is 2.61. The molecule has 3 aromatic carbocycles. The quantitative estimate of drug-likeness (QED) is 0.123. The Bertz CT molecular complexity index is 2040. The number of aliphatic carboxylic acids is 2. The van der Waals surface area contributed by atoms with Gasteiger partial charge in [-0.3, -0.25) is 14.4 Å². The number of benzene rings is 3. The lowest BCUT2D eigenvalue weighted by atomic mass is 9.62. The smallest absolute Gasteiger partial charge is 0.338 e. The van der Waals surface area contributed by atoms with Crippen LogP contribution in [0.5, 0.6) is 5.75 Å². The van der Waals surface area contributed by atoms with E-state index in [9.17, 15) is 34.3 Å². The van der Waals surface area contributed by atoms with E-state index in [1.807, 2.05) is 20.8 Å². The normalized spacial score (nSPS) is 19.8. The highest BCUT2D eigenvalue weighted by Crippen LogP contribution is 2.53. The summed E-state index contributed by atoms with van der Waals surface area (Å²) in [6.07, 6.45) is -0.679. The fourth-order valence-corrected chi connectivity index (χ4v) is 7.00. The fraction of sp³-hybridized carbons (Fsp3) is 0.368. The van der Waals surface area contributed by atoms with Crippen LogP contribution in [0.15, 0.2) is 54.6 Å². The Kier molecular flexibility index (Phi) is 13.5. The molecule has 13 nitrogen and oxygen atoms in total. The van der Waals surface area contributed by atoms with Crippen LogP contribution in [0.4, 0.5) is 14.5 Å². The van der Waals surface area contributed by atoms with Crippen molar-refractivity contribution in [1.29, 1.82) is 5.26 Å². The Morgan fingerprint density at radius 2 is 1.76 bits per heavy atom. The molecule has 0 radical (unpaired) electrons. The minimum Gasteiger partial charge on any atom is -0.495 e. The Hall–Kier alpha value is -5.30. The van der Waals surface area contributed by atoms with Gasteiger partial charge in [0, 0.05) is 29.0 Å². The van der Waals surface area contributed by atoms with Crippen LogP contribution >= 0.6 is 23.2 Å². The SMILES string of the molecule is COc1cc(C(=O)OCC(=O)N[C@@H](CCC(=O)O)C(=O)O)ccc1NC(=O)[C@@H]1N[C@@H](CC(C)(C)C)[C@](C#N)(c2ccc(Cl)cc2F)[C@H]1c1cccc(Cl)c1F. The zero-order valence-electron chi connectivity index (χ0n) is 30.0. The number of carboxylic acid groups (broad SMARTS) is 2. The number of carbonyl (C=O) groups excluding carboxylic acids is 3. The number of hydrogen-bond acceptors (Lipinski definition) is 9. The molecule has 0 aliphatic carbocycles. The first-order valence-corrected chi connectivity index (χ1v) is 17.5. The molecule has 5 atom stereocenters. The predicted octanol–water partition coefficient (Wildman–Crippen LogP) is 5.83. The van der Waals surface area contributed by atoms with E-state index < -0.39 is 95.7 Å². The van der Waals surface area contributed by atoms with E-state index in [1.165, 1.54) is 55.6 Å². The lowest BCUT2D eigenvalue weighted by molar-refractivity contribution is -0.143. The lowest BCUT2D eigenvalue weighted by Gasteiger charge is -2.37. The molecule has 2 amide bonds. The van der Waals surface area contributed by atoms with Crippen molar-refractivity contribution < 1.29 is 52.4 Å². The van der Waals surface area contributed by atoms with Gasteiger partial charge in [0.1, 0.15) is 28.8 Å². The third-order valence-electron chi connectivity index (χ3n) is 9.04. The van der Waals surface area contributed by atoms with Gasteiger partial charge in [-0.2, -0.15) is 5.26 Å². The second kappa shape index (κ2) is 17.4. The first-order chi connectivity index (χ1) is 25.8. The molecule has 17 heteroatoms. The van der Waals surface area contributed by atoms with Crippen LogP contribution in [0, 0.1) is 28.4 Å². The maximum absolute atomic E-state index is 16.0. The van der Waals surface area contributed by atoms with Crippen molar-refractivity contribution in [2.24, 2.45) is 5.41 Å². The maximum Gasteiger partial charge on any atom is 0.338 e. The minimum absolute atomic E-state index is 0.0381. The van der Waals surface area contributed by atoms with E-state index >= 15 is 8.78 Å². The highest BCUT2D eigenvalue weighted by molar-refractivity contribution is 6.31. The van der Waals surface area contributed by atoms with E-state index in [1.54, 1.807) is 0 Å². The van der Waals surface area contributed by atoms with Gasteiger partial charge in [-0.05, 0) is 60.2 Å². The molecule has 3 aromatic rings. The van der Waals surface area contributed by atoms with Gasteiger partial charge in [-0.15, -0.1) is 0 Å². The van der Waals surface area contributed by atoms with Crippen molar-refractivity contribution in [3.05, 3.63) is 93.0 Å². The summed E-state index contributed by atoms with van der Waals surface area (Å²) in [5, 5.41) is 36.9. The Morgan fingerprint density at radius 1 is 1.05 bits per heavy atom. The molecule has 1 fully saturated rings. The van der Waals surface area contributed by atoms with Crippen LogP contribution < -0.4 is 20.7 Å². The van der Waals surface area contributed by atoms with Crippen molar-refractivity contribution in [3.63, 3.8) is 0 Å².